The molecule has 3 amide bonds. The molecule has 16 nitrogen and oxygen atoms in total. The first-order valence-electron chi connectivity index (χ1n) is 23.7. The van der Waals surface area contributed by atoms with E-state index in [1.165, 1.54) is 25.3 Å². The van der Waals surface area contributed by atoms with Crippen LogP contribution in [-0.2, 0) is 23.1 Å². The third kappa shape index (κ3) is 9.99. The molecule has 66 heavy (non-hydrogen) atoms. The Morgan fingerprint density at radius 1 is 0.970 bits per heavy atom. The SMILES string of the molecule is CN(CC1CCC(n2cc(NC(=O)c3coc(-c4ccnc(N(C)C5CC5)c4)n3)c(C(F)F)n2)CC1)CC1CCN(CCCCc2cccc3c2n(C)c(=O)n3C2CCC(=O)NC2=O)CC1. The summed E-state index contributed by atoms with van der Waals surface area (Å²) < 4.78 is 38.9. The predicted octanol–water partition coefficient (Wildman–Crippen LogP) is 6.75. The molecule has 2 aliphatic heterocycles. The van der Waals surface area contributed by atoms with Crippen LogP contribution in [0.25, 0.3) is 22.5 Å². The zero-order valence-electron chi connectivity index (χ0n) is 38.1. The maximum Gasteiger partial charge on any atom is 0.329 e. The van der Waals surface area contributed by atoms with Gasteiger partial charge in [-0.25, -0.2) is 23.5 Å². The molecular formula is C48H61F2N11O5. The number of carbonyl (C=O) groups excluding carboxylic acids is 3. The van der Waals surface area contributed by atoms with Crippen molar-refractivity contribution in [1.29, 1.82) is 0 Å². The Morgan fingerprint density at radius 3 is 2.45 bits per heavy atom. The number of halogens is 2. The van der Waals surface area contributed by atoms with Gasteiger partial charge in [0, 0.05) is 57.6 Å². The van der Waals surface area contributed by atoms with Crippen molar-refractivity contribution >= 4 is 40.3 Å². The number of likely N-dealkylation sites (tertiary alicyclic amines) is 1. The zero-order valence-corrected chi connectivity index (χ0v) is 38.1. The van der Waals surface area contributed by atoms with E-state index in [2.05, 4.69) is 53.5 Å². The number of aromatic nitrogens is 6. The number of nitrogens with zero attached hydrogens (tertiary/aromatic N) is 9. The van der Waals surface area contributed by atoms with E-state index in [1.807, 2.05) is 25.2 Å². The number of imidazole rings is 1. The molecule has 6 heterocycles. The number of oxazole rings is 1. The van der Waals surface area contributed by atoms with Gasteiger partial charge in [-0.05, 0) is 139 Å². The Hall–Kier alpha value is -5.75. The van der Waals surface area contributed by atoms with E-state index in [0.29, 0.717) is 29.9 Å². The first-order valence-corrected chi connectivity index (χ1v) is 23.7. The lowest BCUT2D eigenvalue weighted by molar-refractivity contribution is -0.135. The smallest absolute Gasteiger partial charge is 0.329 e. The largest absolute Gasteiger partial charge is 0.444 e. The molecule has 0 bridgehead atoms. The number of amides is 3. The number of benzene rings is 1. The molecule has 2 saturated carbocycles. The summed E-state index contributed by atoms with van der Waals surface area (Å²) in [6.45, 7) is 5.26. The molecule has 9 rings (SSSR count). The van der Waals surface area contributed by atoms with Gasteiger partial charge in [-0.2, -0.15) is 5.10 Å². The van der Waals surface area contributed by atoms with Crippen molar-refractivity contribution in [2.24, 2.45) is 18.9 Å². The summed E-state index contributed by atoms with van der Waals surface area (Å²) >= 11 is 0. The first-order chi connectivity index (χ1) is 31.9. The molecule has 1 aromatic carbocycles. The lowest BCUT2D eigenvalue weighted by Crippen LogP contribution is -2.44. The topological polar surface area (TPSA) is 169 Å². The van der Waals surface area contributed by atoms with E-state index in [0.717, 1.165) is 113 Å². The van der Waals surface area contributed by atoms with Gasteiger partial charge in [0.15, 0.2) is 11.4 Å². The van der Waals surface area contributed by atoms with Gasteiger partial charge in [-0.15, -0.1) is 0 Å². The number of unbranched alkanes of at least 4 members (excludes halogenated alkanes) is 1. The fraction of sp³-hybridized carbons (Fsp3) is 0.562. The van der Waals surface area contributed by atoms with Crippen LogP contribution >= 0.6 is 0 Å². The molecule has 5 aromatic rings. The minimum absolute atomic E-state index is 0.0151. The molecule has 0 radical (unpaired) electrons. The van der Waals surface area contributed by atoms with Crippen molar-refractivity contribution in [1.82, 2.24) is 44.0 Å². The molecule has 4 aromatic heterocycles. The number of pyridine rings is 1. The lowest BCUT2D eigenvalue weighted by Gasteiger charge is -2.36. The third-order valence-corrected chi connectivity index (χ3v) is 14.3. The van der Waals surface area contributed by atoms with E-state index < -0.39 is 30.0 Å². The number of anilines is 2. The van der Waals surface area contributed by atoms with Gasteiger partial charge in [-0.3, -0.25) is 33.5 Å². The average Bonchev–Trinajstić information content (AvgIpc) is 3.78. The van der Waals surface area contributed by atoms with Gasteiger partial charge < -0.3 is 24.4 Å². The summed E-state index contributed by atoms with van der Waals surface area (Å²) in [4.78, 5) is 66.9. The van der Waals surface area contributed by atoms with Crippen LogP contribution in [0.1, 0.15) is 117 Å². The number of hydrogen-bond acceptors (Lipinski definition) is 11. The molecule has 1 atom stereocenters. The van der Waals surface area contributed by atoms with Crippen LogP contribution < -0.4 is 21.2 Å². The Balaban J connectivity index is 0.697. The Morgan fingerprint density at radius 2 is 1.73 bits per heavy atom. The van der Waals surface area contributed by atoms with Crippen LogP contribution in [0, 0.1) is 11.8 Å². The fourth-order valence-corrected chi connectivity index (χ4v) is 10.5. The molecule has 1 unspecified atom stereocenters. The van der Waals surface area contributed by atoms with Crippen LogP contribution in [0.15, 0.2) is 58.2 Å². The van der Waals surface area contributed by atoms with Crippen molar-refractivity contribution in [3.8, 4) is 11.5 Å². The van der Waals surface area contributed by atoms with Crippen LogP contribution in [0.2, 0.25) is 0 Å². The first kappa shape index (κ1) is 45.4. The quantitative estimate of drug-likeness (QED) is 0.0748. The highest BCUT2D eigenvalue weighted by Gasteiger charge is 2.33. The van der Waals surface area contributed by atoms with Crippen molar-refractivity contribution in [2.45, 2.75) is 108 Å². The van der Waals surface area contributed by atoms with Gasteiger partial charge in [0.05, 0.1) is 22.8 Å². The van der Waals surface area contributed by atoms with E-state index in [-0.39, 0.29) is 41.3 Å². The van der Waals surface area contributed by atoms with Crippen LogP contribution in [0.3, 0.4) is 0 Å². The highest BCUT2D eigenvalue weighted by atomic mass is 19.3. The van der Waals surface area contributed by atoms with Gasteiger partial charge in [-0.1, -0.05) is 12.1 Å². The summed E-state index contributed by atoms with van der Waals surface area (Å²) in [5, 5.41) is 9.27. The summed E-state index contributed by atoms with van der Waals surface area (Å²) in [7, 11) is 5.96. The number of aryl methyl sites for hydroxylation is 2. The number of nitrogens with one attached hydrogen (secondary N) is 2. The number of carbonyl (C=O) groups is 3. The van der Waals surface area contributed by atoms with E-state index in [9.17, 15) is 28.0 Å². The zero-order chi connectivity index (χ0) is 46.1. The van der Waals surface area contributed by atoms with Crippen molar-refractivity contribution < 1.29 is 27.6 Å². The van der Waals surface area contributed by atoms with Crippen LogP contribution in [0.4, 0.5) is 20.3 Å². The molecule has 4 fully saturated rings. The van der Waals surface area contributed by atoms with Crippen molar-refractivity contribution in [3.63, 3.8) is 0 Å². The lowest BCUT2D eigenvalue weighted by atomic mass is 9.85. The molecule has 4 aliphatic rings. The molecule has 0 spiro atoms. The Kier molecular flexibility index (Phi) is 13.5. The van der Waals surface area contributed by atoms with E-state index >= 15 is 0 Å². The minimum atomic E-state index is -2.86. The molecule has 352 valence electrons. The number of fused-ring (bicyclic) bond motifs is 1. The summed E-state index contributed by atoms with van der Waals surface area (Å²) in [5.74, 6) is 0.834. The number of para-hydroxylation sites is 1. The number of alkyl halides is 2. The number of hydrogen-bond donors (Lipinski definition) is 2. The van der Waals surface area contributed by atoms with Crippen molar-refractivity contribution in [2.75, 3.05) is 57.0 Å². The monoisotopic (exact) mass is 909 g/mol. The predicted molar refractivity (Wildman–Crippen MR) is 245 cm³/mol. The number of piperidine rings is 2. The van der Waals surface area contributed by atoms with Gasteiger partial charge >= 0.3 is 5.69 Å². The van der Waals surface area contributed by atoms with Gasteiger partial charge in [0.2, 0.25) is 17.7 Å². The number of rotatable bonds is 17. The Labute approximate surface area is 382 Å². The molecule has 2 saturated heterocycles. The standard InChI is InChI=1S/C48H61F2N11O5/c1-56(27-31-19-23-59(24-20-31)22-5-4-7-32-8-6-9-38-43(32)58(3)48(65)61(38)39-16-17-41(62)54-46(39)64)26-30-10-12-35(13-11-30)60-28-36(42(55-60)44(49)50)52-45(63)37-29-66-47(53-37)33-18-21-51-40(25-33)57(2)34-14-15-34/h6,8-9,18,21,25,28-31,34-35,39,44H,4-5,7,10-17,19-20,22-24,26-27H2,1-3H3,(H,52,63)(H,54,62,64). The van der Waals surface area contributed by atoms with Crippen LogP contribution in [0.5, 0.6) is 0 Å². The summed E-state index contributed by atoms with van der Waals surface area (Å²) in [6.07, 6.45) is 13.2. The minimum Gasteiger partial charge on any atom is -0.444 e. The van der Waals surface area contributed by atoms with Crippen molar-refractivity contribution in [3.05, 3.63) is 76.4 Å². The summed E-state index contributed by atoms with van der Waals surface area (Å²) in [5.41, 5.74) is 2.63. The molecule has 2 aliphatic carbocycles. The second-order valence-electron chi connectivity index (χ2n) is 19.0. The number of imide groups is 1. The second-order valence-corrected chi connectivity index (χ2v) is 19.0. The Bertz CT molecular complexity index is 2600. The second kappa shape index (κ2) is 19.6. The van der Waals surface area contributed by atoms with E-state index in [1.54, 1.807) is 33.1 Å². The van der Waals surface area contributed by atoms with Gasteiger partial charge in [0.25, 0.3) is 12.3 Å². The van der Waals surface area contributed by atoms with E-state index in [4.69, 9.17) is 4.42 Å². The normalized spacial score (nSPS) is 21.0. The fourth-order valence-electron chi connectivity index (χ4n) is 10.5. The third-order valence-electron chi connectivity index (χ3n) is 14.3. The molecule has 18 heteroatoms. The van der Waals surface area contributed by atoms with Gasteiger partial charge in [0.1, 0.15) is 18.1 Å². The maximum atomic E-state index is 14.2. The molecular weight excluding hydrogens is 849 g/mol. The summed E-state index contributed by atoms with van der Waals surface area (Å²) in [6, 6.07) is 9.28. The average molecular weight is 910 g/mol. The molecule has 2 N–H and O–H groups in total. The maximum absolute atomic E-state index is 14.2. The highest BCUT2D eigenvalue weighted by molar-refractivity contribution is 6.03. The highest BCUT2D eigenvalue weighted by Crippen LogP contribution is 2.36. The van der Waals surface area contributed by atoms with Crippen LogP contribution in [-0.4, -0.2) is 109 Å².